The summed E-state index contributed by atoms with van der Waals surface area (Å²) in [5.41, 5.74) is -0.842. The van der Waals surface area contributed by atoms with Crippen LogP contribution in [0.2, 0.25) is 0 Å². The van der Waals surface area contributed by atoms with Crippen LogP contribution in [-0.2, 0) is 28.7 Å². The number of carbonyl (C=O) groups is 4. The normalized spacial score (nSPS) is 26.1. The molecule has 2 fully saturated rings. The van der Waals surface area contributed by atoms with E-state index in [4.69, 9.17) is 9.47 Å². The molecule has 9 atom stereocenters. The van der Waals surface area contributed by atoms with E-state index >= 15 is 0 Å². The maximum Gasteiger partial charge on any atom is 0.219 e. The van der Waals surface area contributed by atoms with Gasteiger partial charge in [-0.15, -0.1) is 23.5 Å². The summed E-state index contributed by atoms with van der Waals surface area (Å²) in [6, 6.07) is -1.32. The molecule has 4 amide bonds. The molecular formula is C37H68N4O11S2. The summed E-state index contributed by atoms with van der Waals surface area (Å²) in [4.78, 5) is 47.4. The fourth-order valence-corrected chi connectivity index (χ4v) is 8.88. The van der Waals surface area contributed by atoms with Crippen molar-refractivity contribution in [2.24, 2.45) is 5.92 Å². The first kappa shape index (κ1) is 48.4. The summed E-state index contributed by atoms with van der Waals surface area (Å²) in [6.07, 6.45) is 8.23. The Morgan fingerprint density at radius 2 is 1.02 bits per heavy atom. The zero-order valence-corrected chi connectivity index (χ0v) is 33.9. The Labute approximate surface area is 329 Å². The third-order valence-corrected chi connectivity index (χ3v) is 12.2. The minimum atomic E-state index is -1.07. The van der Waals surface area contributed by atoms with Gasteiger partial charge in [0, 0.05) is 46.4 Å². The predicted molar refractivity (Wildman–Crippen MR) is 209 cm³/mol. The number of amides is 4. The van der Waals surface area contributed by atoms with E-state index in [1.807, 2.05) is 0 Å². The number of ether oxygens (including phenoxy) is 2. The number of aliphatic hydroxyl groups excluding tert-OH is 5. The van der Waals surface area contributed by atoms with Gasteiger partial charge in [-0.25, -0.2) is 0 Å². The number of hydrogen-bond donors (Lipinski definition) is 9. The first-order valence-corrected chi connectivity index (χ1v) is 21.9. The van der Waals surface area contributed by atoms with Crippen LogP contribution in [0.1, 0.15) is 110 Å². The van der Waals surface area contributed by atoms with Crippen molar-refractivity contribution in [3.05, 3.63) is 0 Å². The summed E-state index contributed by atoms with van der Waals surface area (Å²) < 4.78 is 11.2. The Kier molecular flexibility index (Phi) is 25.7. The Bertz CT molecular complexity index is 1080. The first-order valence-electron chi connectivity index (χ1n) is 19.8. The van der Waals surface area contributed by atoms with Crippen molar-refractivity contribution >= 4 is 47.2 Å². The van der Waals surface area contributed by atoms with Crippen molar-refractivity contribution in [3.63, 3.8) is 0 Å². The number of rotatable bonds is 28. The molecule has 2 aliphatic heterocycles. The Hall–Kier alpha value is -1.70. The minimum Gasteiger partial charge on any atom is -0.396 e. The maximum atomic E-state index is 12.2. The molecule has 9 N–H and O–H groups in total. The van der Waals surface area contributed by atoms with Crippen LogP contribution in [0.25, 0.3) is 0 Å². The molecular weight excluding hydrogens is 741 g/mol. The molecule has 0 aromatic rings. The SMILES string of the molecule is CC(=O)NC1[C@H](SCCCCCNC(=O)CCCCCC(CO)CCCCC(=O)NCCCCCS[C@@H]2OC[C@H](O)[C@@H](O)C2NC(C)=O)OC[C@H](O)[C@H]1O. The third-order valence-electron chi connectivity index (χ3n) is 9.60. The molecule has 2 saturated heterocycles. The lowest BCUT2D eigenvalue weighted by molar-refractivity contribution is -0.134. The molecule has 54 heavy (non-hydrogen) atoms. The molecule has 2 rings (SSSR count). The summed E-state index contributed by atoms with van der Waals surface area (Å²) in [5, 5.41) is 61.2. The number of carbonyl (C=O) groups excluding carboxylic acids is 4. The van der Waals surface area contributed by atoms with E-state index in [9.17, 15) is 44.7 Å². The van der Waals surface area contributed by atoms with Gasteiger partial charge in [0.2, 0.25) is 23.6 Å². The summed E-state index contributed by atoms with van der Waals surface area (Å²) in [5.74, 6) is 1.26. The molecule has 0 spiro atoms. The van der Waals surface area contributed by atoms with Gasteiger partial charge in [0.15, 0.2) is 0 Å². The van der Waals surface area contributed by atoms with E-state index < -0.39 is 47.4 Å². The van der Waals surface area contributed by atoms with E-state index in [2.05, 4.69) is 21.3 Å². The van der Waals surface area contributed by atoms with Crippen LogP contribution in [0.15, 0.2) is 0 Å². The van der Waals surface area contributed by atoms with Crippen molar-refractivity contribution in [1.82, 2.24) is 21.3 Å². The van der Waals surface area contributed by atoms with Crippen LogP contribution in [0.5, 0.6) is 0 Å². The lowest BCUT2D eigenvalue weighted by Gasteiger charge is -2.38. The fourth-order valence-electron chi connectivity index (χ4n) is 6.45. The summed E-state index contributed by atoms with van der Waals surface area (Å²) >= 11 is 3.01. The fraction of sp³-hybridized carbons (Fsp3) is 0.892. The largest absolute Gasteiger partial charge is 0.396 e. The molecule has 0 aromatic carbocycles. The average Bonchev–Trinajstić information content (AvgIpc) is 3.13. The molecule has 0 aliphatic carbocycles. The van der Waals surface area contributed by atoms with Crippen LogP contribution in [0.3, 0.4) is 0 Å². The molecule has 2 heterocycles. The Morgan fingerprint density at radius 1 is 0.611 bits per heavy atom. The van der Waals surface area contributed by atoms with Crippen LogP contribution in [-0.4, -0.2) is 141 Å². The topological polar surface area (TPSA) is 236 Å². The quantitative estimate of drug-likeness (QED) is 0.0508. The number of aliphatic hydroxyl groups is 5. The van der Waals surface area contributed by atoms with Crippen molar-refractivity contribution in [1.29, 1.82) is 0 Å². The standard InChI is InChI=1S/C37H68N4O11S2/c1-25(43)40-32-34(49)28(45)23-51-36(32)53-20-12-4-10-18-38-30(47)16-7-3-6-14-27(22-42)15-8-9-17-31(48)39-19-11-5-13-21-54-37-33(41-26(2)44)35(50)29(46)24-52-37/h27-29,32-37,42,45-46,49-50H,3-24H2,1-2H3,(H,38,47)(H,39,48)(H,40,43)(H,41,44)/t27?,28-,29-,32?,33?,34+,35+,36-,37-/m0/s1. The third kappa shape index (κ3) is 20.5. The van der Waals surface area contributed by atoms with Crippen LogP contribution < -0.4 is 21.3 Å². The van der Waals surface area contributed by atoms with Crippen LogP contribution >= 0.6 is 23.5 Å². The monoisotopic (exact) mass is 808 g/mol. The molecule has 314 valence electrons. The Morgan fingerprint density at radius 3 is 1.44 bits per heavy atom. The predicted octanol–water partition coefficient (Wildman–Crippen LogP) is 1.31. The second-order valence-electron chi connectivity index (χ2n) is 14.4. The molecule has 3 unspecified atom stereocenters. The maximum absolute atomic E-state index is 12.2. The zero-order valence-electron chi connectivity index (χ0n) is 32.3. The molecule has 0 radical (unpaired) electrons. The number of unbranched alkanes of at least 4 members (excludes halogenated alkanes) is 7. The zero-order chi connectivity index (χ0) is 39.7. The highest BCUT2D eigenvalue weighted by atomic mass is 32.2. The minimum absolute atomic E-state index is 0.0284. The molecule has 17 heteroatoms. The molecule has 2 aliphatic rings. The van der Waals surface area contributed by atoms with E-state index in [-0.39, 0.29) is 49.4 Å². The van der Waals surface area contributed by atoms with Gasteiger partial charge < -0.3 is 56.3 Å². The van der Waals surface area contributed by atoms with Gasteiger partial charge >= 0.3 is 0 Å². The van der Waals surface area contributed by atoms with Gasteiger partial charge in [0.1, 0.15) is 35.3 Å². The van der Waals surface area contributed by atoms with Gasteiger partial charge in [-0.1, -0.05) is 32.1 Å². The van der Waals surface area contributed by atoms with Gasteiger partial charge in [0.25, 0.3) is 0 Å². The highest BCUT2D eigenvalue weighted by Gasteiger charge is 2.40. The van der Waals surface area contributed by atoms with Crippen molar-refractivity contribution < 1.29 is 54.2 Å². The van der Waals surface area contributed by atoms with Crippen molar-refractivity contribution in [2.75, 3.05) is 44.4 Å². The van der Waals surface area contributed by atoms with E-state index in [1.54, 1.807) is 0 Å². The number of nitrogens with one attached hydrogen (secondary N) is 4. The average molecular weight is 809 g/mol. The lowest BCUT2D eigenvalue weighted by atomic mass is 9.95. The molecule has 15 nitrogen and oxygen atoms in total. The summed E-state index contributed by atoms with van der Waals surface area (Å²) in [7, 11) is 0. The molecule has 0 aromatic heterocycles. The highest BCUT2D eigenvalue weighted by Crippen LogP contribution is 2.27. The molecule has 0 saturated carbocycles. The van der Waals surface area contributed by atoms with E-state index in [0.717, 1.165) is 95.0 Å². The van der Waals surface area contributed by atoms with E-state index in [1.165, 1.54) is 37.4 Å². The van der Waals surface area contributed by atoms with Crippen molar-refractivity contribution in [3.8, 4) is 0 Å². The smallest absolute Gasteiger partial charge is 0.219 e. The van der Waals surface area contributed by atoms with Crippen molar-refractivity contribution in [2.45, 2.75) is 158 Å². The van der Waals surface area contributed by atoms with Crippen LogP contribution in [0.4, 0.5) is 0 Å². The van der Waals surface area contributed by atoms with Gasteiger partial charge in [-0.05, 0) is 68.8 Å². The van der Waals surface area contributed by atoms with E-state index in [0.29, 0.717) is 25.9 Å². The Balaban J connectivity index is 1.40. The van der Waals surface area contributed by atoms with Crippen LogP contribution in [0, 0.1) is 5.92 Å². The van der Waals surface area contributed by atoms with Gasteiger partial charge in [-0.3, -0.25) is 19.2 Å². The lowest BCUT2D eigenvalue weighted by Crippen LogP contribution is -2.59. The summed E-state index contributed by atoms with van der Waals surface area (Å²) in [6.45, 7) is 4.15. The number of hydrogen-bond acceptors (Lipinski definition) is 13. The first-order chi connectivity index (χ1) is 25.9. The highest BCUT2D eigenvalue weighted by molar-refractivity contribution is 8.00. The second kappa shape index (κ2) is 28.7. The molecule has 0 bridgehead atoms. The second-order valence-corrected chi connectivity index (χ2v) is 16.8. The van der Waals surface area contributed by atoms with Gasteiger partial charge in [-0.2, -0.15) is 0 Å². The number of thioether (sulfide) groups is 2. The van der Waals surface area contributed by atoms with Gasteiger partial charge in [0.05, 0.1) is 25.3 Å².